The Labute approximate surface area is 89.2 Å². The number of hydrogen-bond acceptors (Lipinski definition) is 2. The van der Waals surface area contributed by atoms with Crippen LogP contribution in [0.2, 0.25) is 5.02 Å². The lowest BCUT2D eigenvalue weighted by Gasteiger charge is -2.02. The number of nitrogens with two attached hydrogens (primary N) is 1. The van der Waals surface area contributed by atoms with Gasteiger partial charge in [0.25, 0.3) is 0 Å². The molecular weight excluding hydrogens is 288 g/mol. The predicted molar refractivity (Wildman–Crippen MR) is 56.6 cm³/mol. The first kappa shape index (κ1) is 8.59. The van der Waals surface area contributed by atoms with Gasteiger partial charge in [0.2, 0.25) is 0 Å². The van der Waals surface area contributed by atoms with Gasteiger partial charge in [0.05, 0.1) is 11.1 Å². The first-order valence-electron chi connectivity index (χ1n) is 3.56. The largest absolute Gasteiger partial charge is 0.491 e. The van der Waals surface area contributed by atoms with Crippen molar-refractivity contribution in [3.8, 4) is 5.75 Å². The minimum atomic E-state index is -0.0190. The molecule has 1 atom stereocenters. The Morgan fingerprint density at radius 3 is 3.08 bits per heavy atom. The van der Waals surface area contributed by atoms with Gasteiger partial charge in [0.1, 0.15) is 12.4 Å². The van der Waals surface area contributed by atoms with E-state index in [0.717, 1.165) is 19.9 Å². The van der Waals surface area contributed by atoms with Crippen molar-refractivity contribution in [3.05, 3.63) is 26.3 Å². The number of fused-ring (bicyclic) bond motifs is 1. The number of benzene rings is 1. The van der Waals surface area contributed by atoms with Gasteiger partial charge in [-0.05, 0) is 34.7 Å². The average molecular weight is 296 g/mol. The third kappa shape index (κ3) is 1.30. The smallest absolute Gasteiger partial charge is 0.125 e. The third-order valence-electron chi connectivity index (χ3n) is 1.87. The van der Waals surface area contributed by atoms with Gasteiger partial charge in [0, 0.05) is 9.13 Å². The number of halogens is 2. The monoisotopic (exact) mass is 295 g/mol. The molecular formula is C8H7ClINO. The lowest BCUT2D eigenvalue weighted by atomic mass is 10.1. The molecule has 0 aromatic heterocycles. The van der Waals surface area contributed by atoms with Crippen LogP contribution >= 0.6 is 34.2 Å². The zero-order valence-electron chi connectivity index (χ0n) is 6.18. The van der Waals surface area contributed by atoms with Crippen molar-refractivity contribution in [3.63, 3.8) is 0 Å². The van der Waals surface area contributed by atoms with Gasteiger partial charge >= 0.3 is 0 Å². The van der Waals surface area contributed by atoms with Gasteiger partial charge in [-0.25, -0.2) is 0 Å². The fraction of sp³-hybridized carbons (Fsp3) is 0.250. The molecule has 64 valence electrons. The maximum atomic E-state index is 5.94. The van der Waals surface area contributed by atoms with Crippen molar-refractivity contribution in [1.29, 1.82) is 0 Å². The van der Waals surface area contributed by atoms with Crippen molar-refractivity contribution in [2.24, 2.45) is 5.73 Å². The Bertz CT molecular complexity index is 329. The van der Waals surface area contributed by atoms with Crippen LogP contribution in [0.1, 0.15) is 11.6 Å². The zero-order chi connectivity index (χ0) is 8.72. The Balaban J connectivity index is 2.56. The Kier molecular flexibility index (Phi) is 2.18. The minimum Gasteiger partial charge on any atom is -0.491 e. The highest BCUT2D eigenvalue weighted by Crippen LogP contribution is 2.35. The Hall–Kier alpha value is -0.0000000000000000555. The van der Waals surface area contributed by atoms with Crippen LogP contribution in [-0.2, 0) is 0 Å². The molecule has 1 heterocycles. The maximum absolute atomic E-state index is 5.94. The second-order valence-electron chi connectivity index (χ2n) is 2.72. The first-order valence-corrected chi connectivity index (χ1v) is 5.01. The fourth-order valence-corrected chi connectivity index (χ4v) is 1.84. The summed E-state index contributed by atoms with van der Waals surface area (Å²) in [4.78, 5) is 0. The highest BCUT2D eigenvalue weighted by atomic mass is 127. The van der Waals surface area contributed by atoms with E-state index in [2.05, 4.69) is 22.6 Å². The van der Waals surface area contributed by atoms with Gasteiger partial charge in [-0.1, -0.05) is 11.6 Å². The summed E-state index contributed by atoms with van der Waals surface area (Å²) in [6.07, 6.45) is 0. The highest BCUT2D eigenvalue weighted by molar-refractivity contribution is 14.1. The van der Waals surface area contributed by atoms with Crippen LogP contribution in [0, 0.1) is 3.57 Å². The van der Waals surface area contributed by atoms with Gasteiger partial charge < -0.3 is 10.5 Å². The summed E-state index contributed by atoms with van der Waals surface area (Å²) in [5, 5.41) is 0.746. The molecule has 2 rings (SSSR count). The molecule has 2 N–H and O–H groups in total. The van der Waals surface area contributed by atoms with Gasteiger partial charge in [-0.2, -0.15) is 0 Å². The summed E-state index contributed by atoms with van der Waals surface area (Å²) in [5.41, 5.74) is 6.79. The molecule has 0 saturated carbocycles. The van der Waals surface area contributed by atoms with E-state index in [1.165, 1.54) is 0 Å². The van der Waals surface area contributed by atoms with Crippen LogP contribution < -0.4 is 10.5 Å². The highest BCUT2D eigenvalue weighted by Gasteiger charge is 2.21. The zero-order valence-corrected chi connectivity index (χ0v) is 9.09. The van der Waals surface area contributed by atoms with Crippen molar-refractivity contribution >= 4 is 34.2 Å². The molecule has 0 radical (unpaired) electrons. The summed E-state index contributed by atoms with van der Waals surface area (Å²) in [7, 11) is 0. The van der Waals surface area contributed by atoms with E-state index in [0.29, 0.717) is 6.61 Å². The molecule has 1 aliphatic heterocycles. The lowest BCUT2D eigenvalue weighted by Crippen LogP contribution is -2.10. The normalized spacial score (nSPS) is 20.4. The predicted octanol–water partition coefficient (Wildman–Crippen LogP) is 2.34. The van der Waals surface area contributed by atoms with E-state index in [-0.39, 0.29) is 6.04 Å². The quantitative estimate of drug-likeness (QED) is 0.746. The second-order valence-corrected chi connectivity index (χ2v) is 4.29. The molecule has 0 aliphatic carbocycles. The van der Waals surface area contributed by atoms with Crippen LogP contribution in [0.15, 0.2) is 12.1 Å². The standard InChI is InChI=1S/C8H7ClINO/c9-5-1-4-7(11)3-12-8(4)2-6(5)10/h1-2,7H,3,11H2. The summed E-state index contributed by atoms with van der Waals surface area (Å²) < 4.78 is 6.36. The van der Waals surface area contributed by atoms with Crippen LogP contribution in [0.25, 0.3) is 0 Å². The van der Waals surface area contributed by atoms with Crippen LogP contribution in [0.4, 0.5) is 0 Å². The van der Waals surface area contributed by atoms with Crippen molar-refractivity contribution in [2.75, 3.05) is 6.61 Å². The molecule has 4 heteroatoms. The first-order chi connectivity index (χ1) is 5.68. The summed E-state index contributed by atoms with van der Waals surface area (Å²) in [6.45, 7) is 0.561. The lowest BCUT2D eigenvalue weighted by molar-refractivity contribution is 0.333. The number of rotatable bonds is 0. The topological polar surface area (TPSA) is 35.2 Å². The van der Waals surface area contributed by atoms with Gasteiger partial charge in [-0.15, -0.1) is 0 Å². The molecule has 0 saturated heterocycles. The summed E-state index contributed by atoms with van der Waals surface area (Å²) in [5.74, 6) is 0.872. The van der Waals surface area contributed by atoms with Gasteiger partial charge in [-0.3, -0.25) is 0 Å². The number of ether oxygens (including phenoxy) is 1. The molecule has 1 aromatic rings. The average Bonchev–Trinajstić information content (AvgIpc) is 2.35. The molecule has 0 spiro atoms. The molecule has 2 nitrogen and oxygen atoms in total. The molecule has 12 heavy (non-hydrogen) atoms. The Morgan fingerprint density at radius 2 is 2.33 bits per heavy atom. The molecule has 0 amide bonds. The van der Waals surface area contributed by atoms with E-state index >= 15 is 0 Å². The van der Waals surface area contributed by atoms with E-state index in [1.54, 1.807) is 0 Å². The maximum Gasteiger partial charge on any atom is 0.125 e. The van der Waals surface area contributed by atoms with Crippen molar-refractivity contribution in [1.82, 2.24) is 0 Å². The molecule has 1 unspecified atom stereocenters. The number of hydrogen-bond donors (Lipinski definition) is 1. The van der Waals surface area contributed by atoms with Crippen molar-refractivity contribution in [2.45, 2.75) is 6.04 Å². The molecule has 1 aromatic carbocycles. The SMILES string of the molecule is NC1COc2cc(I)c(Cl)cc21. The van der Waals surface area contributed by atoms with E-state index in [9.17, 15) is 0 Å². The van der Waals surface area contributed by atoms with Crippen LogP contribution in [0.3, 0.4) is 0 Å². The molecule has 0 bridgehead atoms. The van der Waals surface area contributed by atoms with Crippen LogP contribution in [0.5, 0.6) is 5.75 Å². The second kappa shape index (κ2) is 3.05. The van der Waals surface area contributed by atoms with Crippen LogP contribution in [-0.4, -0.2) is 6.61 Å². The molecule has 0 fully saturated rings. The van der Waals surface area contributed by atoms with Gasteiger partial charge in [0.15, 0.2) is 0 Å². The van der Waals surface area contributed by atoms with E-state index in [4.69, 9.17) is 22.1 Å². The third-order valence-corrected chi connectivity index (χ3v) is 3.39. The van der Waals surface area contributed by atoms with E-state index < -0.39 is 0 Å². The summed E-state index contributed by atoms with van der Waals surface area (Å²) >= 11 is 8.11. The fourth-order valence-electron chi connectivity index (χ4n) is 1.23. The summed E-state index contributed by atoms with van der Waals surface area (Å²) in [6, 6.07) is 3.79. The Morgan fingerprint density at radius 1 is 1.58 bits per heavy atom. The molecule has 1 aliphatic rings. The van der Waals surface area contributed by atoms with Crippen molar-refractivity contribution < 1.29 is 4.74 Å². The van der Waals surface area contributed by atoms with E-state index in [1.807, 2.05) is 12.1 Å². The minimum absolute atomic E-state index is 0.0190.